The topological polar surface area (TPSA) is 121 Å². The van der Waals surface area contributed by atoms with Crippen molar-refractivity contribution in [2.24, 2.45) is 4.99 Å². The van der Waals surface area contributed by atoms with Crippen LogP contribution in [0.4, 0.5) is 5.69 Å². The number of allylic oxidation sites excluding steroid dienone is 1. The molecule has 0 radical (unpaired) electrons. The van der Waals surface area contributed by atoms with Gasteiger partial charge >= 0.3 is 0 Å². The maximum atomic E-state index is 14.2. The second kappa shape index (κ2) is 14.2. The minimum atomic E-state index is -0.841. The molecule has 0 bridgehead atoms. The van der Waals surface area contributed by atoms with E-state index in [1.807, 2.05) is 18.2 Å². The predicted molar refractivity (Wildman–Crippen MR) is 183 cm³/mol. The fourth-order valence-electron chi connectivity index (χ4n) is 5.91. The number of nitrogens with one attached hydrogen (secondary N) is 1. The fraction of sp³-hybridized carbons (Fsp3) is 0.278. The van der Waals surface area contributed by atoms with Crippen molar-refractivity contribution < 1.29 is 28.5 Å². The van der Waals surface area contributed by atoms with Crippen LogP contribution in [0.1, 0.15) is 36.9 Å². The number of para-hydroxylation sites is 1. The molecule has 1 N–H and O–H groups in total. The van der Waals surface area contributed by atoms with E-state index in [-0.39, 0.29) is 24.0 Å². The molecular weight excluding hydrogens is 632 g/mol. The molecule has 248 valence electrons. The Kier molecular flexibility index (Phi) is 9.62. The lowest BCUT2D eigenvalue weighted by molar-refractivity contribution is -0.132. The Morgan fingerprint density at radius 3 is 2.40 bits per heavy atom. The van der Waals surface area contributed by atoms with E-state index in [1.165, 1.54) is 30.1 Å². The average Bonchev–Trinajstić information content (AvgIpc) is 3.75. The number of hydrogen-bond acceptors (Lipinski definition) is 9. The first kappa shape index (κ1) is 32.6. The van der Waals surface area contributed by atoms with Crippen LogP contribution in [0, 0.1) is 0 Å². The van der Waals surface area contributed by atoms with E-state index in [2.05, 4.69) is 5.32 Å². The molecule has 1 atom stereocenters. The van der Waals surface area contributed by atoms with Gasteiger partial charge in [0, 0.05) is 30.4 Å². The minimum Gasteiger partial charge on any atom is -0.497 e. The summed E-state index contributed by atoms with van der Waals surface area (Å²) in [5.41, 5.74) is 2.37. The Bertz CT molecular complexity index is 2060. The van der Waals surface area contributed by atoms with Gasteiger partial charge in [0.25, 0.3) is 17.4 Å². The SMILES string of the molecule is COc1ccc([C@H]2C(C(=O)Nc3ccccc3)=C(C)N=c3s/c(=C/c4ccc(OCC(=O)N5CCCC5)c(OC)c4)c(=O)n32)c(OC)c1. The van der Waals surface area contributed by atoms with Crippen LogP contribution in [0.25, 0.3) is 6.08 Å². The zero-order valence-corrected chi connectivity index (χ0v) is 28.0. The summed E-state index contributed by atoms with van der Waals surface area (Å²) in [5.74, 6) is 1.44. The summed E-state index contributed by atoms with van der Waals surface area (Å²) in [6.07, 6.45) is 3.76. The van der Waals surface area contributed by atoms with Crippen LogP contribution in [0.2, 0.25) is 0 Å². The van der Waals surface area contributed by atoms with Gasteiger partial charge in [0.15, 0.2) is 22.9 Å². The number of carbonyl (C=O) groups is 2. The zero-order valence-electron chi connectivity index (χ0n) is 27.1. The van der Waals surface area contributed by atoms with Crippen molar-refractivity contribution in [2.75, 3.05) is 46.3 Å². The van der Waals surface area contributed by atoms with E-state index in [4.69, 9.17) is 23.9 Å². The zero-order chi connectivity index (χ0) is 33.8. The summed E-state index contributed by atoms with van der Waals surface area (Å²) in [4.78, 5) is 47.6. The molecule has 3 heterocycles. The van der Waals surface area contributed by atoms with Gasteiger partial charge < -0.3 is 29.2 Å². The Hall–Kier alpha value is -5.36. The highest BCUT2D eigenvalue weighted by atomic mass is 32.1. The van der Waals surface area contributed by atoms with Crippen LogP contribution in [0.15, 0.2) is 87.8 Å². The van der Waals surface area contributed by atoms with Crippen LogP contribution in [0.3, 0.4) is 0 Å². The van der Waals surface area contributed by atoms with Crippen LogP contribution >= 0.6 is 11.3 Å². The van der Waals surface area contributed by atoms with E-state index in [0.717, 1.165) is 25.9 Å². The summed E-state index contributed by atoms with van der Waals surface area (Å²) in [5, 5.41) is 2.96. The number of rotatable bonds is 10. The largest absolute Gasteiger partial charge is 0.497 e. The van der Waals surface area contributed by atoms with Crippen molar-refractivity contribution in [1.82, 2.24) is 9.47 Å². The van der Waals surface area contributed by atoms with Gasteiger partial charge in [-0.25, -0.2) is 4.99 Å². The van der Waals surface area contributed by atoms with E-state index >= 15 is 0 Å². The first-order valence-corrected chi connectivity index (χ1v) is 16.3. The van der Waals surface area contributed by atoms with Gasteiger partial charge in [-0.05, 0) is 67.8 Å². The molecule has 0 spiro atoms. The summed E-state index contributed by atoms with van der Waals surface area (Å²) < 4.78 is 24.5. The van der Waals surface area contributed by atoms with Crippen molar-refractivity contribution >= 4 is 34.9 Å². The summed E-state index contributed by atoms with van der Waals surface area (Å²) >= 11 is 1.22. The van der Waals surface area contributed by atoms with Gasteiger partial charge in [0.1, 0.15) is 17.5 Å². The molecule has 2 aliphatic heterocycles. The van der Waals surface area contributed by atoms with Gasteiger partial charge in [0.05, 0.1) is 37.1 Å². The maximum Gasteiger partial charge on any atom is 0.271 e. The maximum absolute atomic E-state index is 14.2. The third-order valence-corrected chi connectivity index (χ3v) is 9.31. The number of ether oxygens (including phenoxy) is 4. The predicted octanol–water partition coefficient (Wildman–Crippen LogP) is 3.90. The number of benzene rings is 3. The highest BCUT2D eigenvalue weighted by Crippen LogP contribution is 2.37. The normalized spacial score (nSPS) is 15.9. The van der Waals surface area contributed by atoms with Crippen molar-refractivity contribution in [3.63, 3.8) is 0 Å². The number of fused-ring (bicyclic) bond motifs is 1. The molecule has 4 aromatic rings. The van der Waals surface area contributed by atoms with Crippen molar-refractivity contribution in [3.05, 3.63) is 109 Å². The molecule has 0 unspecified atom stereocenters. The molecule has 0 saturated carbocycles. The van der Waals surface area contributed by atoms with Crippen molar-refractivity contribution in [1.29, 1.82) is 0 Å². The molecule has 1 aromatic heterocycles. The Morgan fingerprint density at radius 1 is 0.938 bits per heavy atom. The molecule has 0 aliphatic carbocycles. The molecule has 2 aliphatic rings. The second-order valence-electron chi connectivity index (χ2n) is 11.3. The molecule has 3 aromatic carbocycles. The van der Waals surface area contributed by atoms with E-state index in [9.17, 15) is 14.4 Å². The lowest BCUT2D eigenvalue weighted by Gasteiger charge is -2.26. The number of nitrogens with zero attached hydrogens (tertiary/aromatic N) is 3. The summed E-state index contributed by atoms with van der Waals surface area (Å²) in [6.45, 7) is 3.18. The molecule has 1 saturated heterocycles. The number of carbonyl (C=O) groups excluding carboxylic acids is 2. The smallest absolute Gasteiger partial charge is 0.271 e. The number of thiazole rings is 1. The second-order valence-corrected chi connectivity index (χ2v) is 12.3. The highest BCUT2D eigenvalue weighted by Gasteiger charge is 2.34. The molecule has 11 nitrogen and oxygen atoms in total. The number of likely N-dealkylation sites (tertiary alicyclic amines) is 1. The monoisotopic (exact) mass is 668 g/mol. The van der Waals surface area contributed by atoms with Gasteiger partial charge in [-0.1, -0.05) is 35.6 Å². The Morgan fingerprint density at radius 2 is 1.69 bits per heavy atom. The fourth-order valence-corrected chi connectivity index (χ4v) is 6.96. The van der Waals surface area contributed by atoms with Crippen LogP contribution in [-0.4, -0.2) is 62.3 Å². The first-order chi connectivity index (χ1) is 23.3. The van der Waals surface area contributed by atoms with E-state index in [1.54, 1.807) is 73.5 Å². The van der Waals surface area contributed by atoms with Crippen molar-refractivity contribution in [2.45, 2.75) is 25.8 Å². The molecule has 48 heavy (non-hydrogen) atoms. The first-order valence-electron chi connectivity index (χ1n) is 15.5. The number of aromatic nitrogens is 1. The Balaban J connectivity index is 1.40. The Labute approximate surface area is 281 Å². The summed E-state index contributed by atoms with van der Waals surface area (Å²) in [7, 11) is 4.61. The standard InChI is InChI=1S/C36H36N4O7S/c1-22-32(34(42)38-24-10-6-5-7-11-24)33(26-14-13-25(44-2)20-28(26)45-3)40-35(43)30(48-36(40)37-22)19-23-12-15-27(29(18-23)46-4)47-21-31(41)39-16-8-9-17-39/h5-7,10-15,18-20,33H,8-9,16-17,21H2,1-4H3,(H,38,42)/b30-19+/t33-/m0/s1. The lowest BCUT2D eigenvalue weighted by Crippen LogP contribution is -2.40. The highest BCUT2D eigenvalue weighted by molar-refractivity contribution is 7.07. The lowest BCUT2D eigenvalue weighted by atomic mass is 9.94. The summed E-state index contributed by atoms with van der Waals surface area (Å²) in [6, 6.07) is 18.8. The van der Waals surface area contributed by atoms with Gasteiger partial charge in [-0.2, -0.15) is 0 Å². The quantitative estimate of drug-likeness (QED) is 0.272. The number of methoxy groups -OCH3 is 3. The molecule has 1 fully saturated rings. The number of amides is 2. The van der Waals surface area contributed by atoms with Gasteiger partial charge in [-0.15, -0.1) is 0 Å². The van der Waals surface area contributed by atoms with E-state index in [0.29, 0.717) is 60.4 Å². The molecule has 12 heteroatoms. The molecule has 2 amide bonds. The van der Waals surface area contributed by atoms with Crippen LogP contribution in [-0.2, 0) is 9.59 Å². The number of hydrogen-bond donors (Lipinski definition) is 1. The third kappa shape index (κ3) is 6.56. The third-order valence-electron chi connectivity index (χ3n) is 8.33. The van der Waals surface area contributed by atoms with Gasteiger partial charge in [-0.3, -0.25) is 19.0 Å². The van der Waals surface area contributed by atoms with Crippen LogP contribution in [0.5, 0.6) is 23.0 Å². The molecular formula is C36H36N4O7S. The minimum absolute atomic E-state index is 0.0603. The average molecular weight is 669 g/mol. The van der Waals surface area contributed by atoms with Crippen molar-refractivity contribution in [3.8, 4) is 23.0 Å². The van der Waals surface area contributed by atoms with Gasteiger partial charge in [0.2, 0.25) is 0 Å². The van der Waals surface area contributed by atoms with E-state index < -0.39 is 6.04 Å². The molecule has 6 rings (SSSR count). The number of anilines is 1. The van der Waals surface area contributed by atoms with Crippen LogP contribution < -0.4 is 39.2 Å².